The van der Waals surface area contributed by atoms with E-state index in [9.17, 15) is 9.59 Å². The minimum absolute atomic E-state index is 0.0898. The predicted octanol–water partition coefficient (Wildman–Crippen LogP) is 2.88. The number of hydrogen-bond donors (Lipinski definition) is 2. The van der Waals surface area contributed by atoms with Gasteiger partial charge in [0.15, 0.2) is 0 Å². The Balaban J connectivity index is 2.42. The molecule has 0 atom stereocenters. The van der Waals surface area contributed by atoms with E-state index in [1.807, 2.05) is 13.8 Å². The Morgan fingerprint density at radius 1 is 1.30 bits per heavy atom. The molecule has 0 radical (unpaired) electrons. The molecule has 1 rings (SSSR count). The Labute approximate surface area is 123 Å². The highest BCUT2D eigenvalue weighted by molar-refractivity contribution is 6.31. The summed E-state index contributed by atoms with van der Waals surface area (Å²) >= 11 is 5.96. The van der Waals surface area contributed by atoms with Crippen LogP contribution in [0.2, 0.25) is 5.02 Å². The third kappa shape index (κ3) is 5.40. The van der Waals surface area contributed by atoms with E-state index in [1.165, 1.54) is 0 Å². The monoisotopic (exact) mass is 295 g/mol. The Hall–Kier alpha value is -1.88. The van der Waals surface area contributed by atoms with Crippen LogP contribution in [0, 0.1) is 6.92 Å². The molecule has 0 aliphatic rings. The molecule has 0 bridgehead atoms. The molecule has 0 saturated heterocycles. The zero-order chi connectivity index (χ0) is 15.0. The number of nitrogens with zero attached hydrogens (tertiary/aromatic N) is 1. The van der Waals surface area contributed by atoms with E-state index in [1.54, 1.807) is 24.4 Å². The summed E-state index contributed by atoms with van der Waals surface area (Å²) in [7, 11) is 0. The Morgan fingerprint density at radius 2 is 2.00 bits per heavy atom. The summed E-state index contributed by atoms with van der Waals surface area (Å²) in [6.07, 6.45) is 2.52. The number of hydrogen-bond acceptors (Lipinski definition) is 3. The van der Waals surface area contributed by atoms with Crippen LogP contribution in [-0.4, -0.2) is 18.0 Å². The van der Waals surface area contributed by atoms with Gasteiger partial charge in [0.2, 0.25) is 11.8 Å². The minimum atomic E-state index is -0.285. The normalized spacial score (nSPS) is 10.6. The molecule has 0 saturated carbocycles. The van der Waals surface area contributed by atoms with Crippen molar-refractivity contribution in [3.05, 3.63) is 28.8 Å². The topological polar surface area (TPSA) is 70.6 Å². The minimum Gasteiger partial charge on any atom is -0.326 e. The lowest BCUT2D eigenvalue weighted by molar-refractivity contribution is -0.124. The number of anilines is 1. The van der Waals surface area contributed by atoms with Gasteiger partial charge in [-0.15, -0.1) is 0 Å². The molecule has 0 unspecified atom stereocenters. The van der Waals surface area contributed by atoms with Gasteiger partial charge >= 0.3 is 0 Å². The summed E-state index contributed by atoms with van der Waals surface area (Å²) in [5, 5.41) is 7.03. The van der Waals surface area contributed by atoms with Gasteiger partial charge in [-0.2, -0.15) is 5.10 Å². The van der Waals surface area contributed by atoms with E-state index in [2.05, 4.69) is 15.8 Å². The van der Waals surface area contributed by atoms with E-state index in [4.69, 9.17) is 11.6 Å². The van der Waals surface area contributed by atoms with Crippen molar-refractivity contribution in [2.75, 3.05) is 5.32 Å². The molecular weight excluding hydrogens is 278 g/mol. The lowest BCUT2D eigenvalue weighted by Crippen LogP contribution is -2.20. The number of hydrazone groups is 1. The molecule has 20 heavy (non-hydrogen) atoms. The van der Waals surface area contributed by atoms with E-state index in [-0.39, 0.29) is 24.7 Å². The first-order valence-corrected chi connectivity index (χ1v) is 6.77. The molecule has 0 aromatic heterocycles. The largest absolute Gasteiger partial charge is 0.326 e. The van der Waals surface area contributed by atoms with Gasteiger partial charge < -0.3 is 5.32 Å². The van der Waals surface area contributed by atoms with Crippen LogP contribution in [0.25, 0.3) is 0 Å². The molecule has 6 heteroatoms. The molecule has 0 spiro atoms. The Bertz CT molecular complexity index is 515. The van der Waals surface area contributed by atoms with Crippen LogP contribution in [-0.2, 0) is 9.59 Å². The van der Waals surface area contributed by atoms with Crippen molar-refractivity contribution in [3.8, 4) is 0 Å². The molecule has 108 valence electrons. The molecule has 0 heterocycles. The number of carbonyl (C=O) groups excluding carboxylic acids is 2. The van der Waals surface area contributed by atoms with Gasteiger partial charge in [-0.25, -0.2) is 5.43 Å². The molecule has 5 nitrogen and oxygen atoms in total. The van der Waals surface area contributed by atoms with E-state index >= 15 is 0 Å². The fraction of sp³-hybridized carbons (Fsp3) is 0.357. The average molecular weight is 296 g/mol. The highest BCUT2D eigenvalue weighted by atomic mass is 35.5. The molecule has 1 aromatic carbocycles. The van der Waals surface area contributed by atoms with Crippen molar-refractivity contribution in [1.82, 2.24) is 5.43 Å². The van der Waals surface area contributed by atoms with Gasteiger partial charge in [0.05, 0.1) is 0 Å². The van der Waals surface area contributed by atoms with Crippen molar-refractivity contribution in [2.45, 2.75) is 33.1 Å². The maximum absolute atomic E-state index is 11.7. The maximum Gasteiger partial charge on any atom is 0.240 e. The summed E-state index contributed by atoms with van der Waals surface area (Å²) in [4.78, 5) is 23.1. The second-order valence-electron chi connectivity index (χ2n) is 4.22. The Kier molecular flexibility index (Phi) is 6.73. The molecule has 0 fully saturated rings. The summed E-state index contributed by atoms with van der Waals surface area (Å²) < 4.78 is 0. The number of amides is 2. The quantitative estimate of drug-likeness (QED) is 0.626. The van der Waals surface area contributed by atoms with Gasteiger partial charge in [-0.3, -0.25) is 9.59 Å². The highest BCUT2D eigenvalue weighted by Crippen LogP contribution is 2.22. The number of benzene rings is 1. The van der Waals surface area contributed by atoms with E-state index < -0.39 is 0 Å². The van der Waals surface area contributed by atoms with Crippen LogP contribution in [0.15, 0.2) is 23.3 Å². The van der Waals surface area contributed by atoms with Crippen LogP contribution in [0.4, 0.5) is 5.69 Å². The van der Waals surface area contributed by atoms with Crippen molar-refractivity contribution in [2.24, 2.45) is 5.10 Å². The van der Waals surface area contributed by atoms with Crippen LogP contribution < -0.4 is 10.7 Å². The molecular formula is C14H18ClN3O2. The predicted molar refractivity (Wildman–Crippen MR) is 81.0 cm³/mol. The summed E-state index contributed by atoms with van der Waals surface area (Å²) in [6, 6.07) is 5.29. The second-order valence-corrected chi connectivity index (χ2v) is 4.62. The van der Waals surface area contributed by atoms with Gasteiger partial charge in [-0.05, 0) is 31.0 Å². The van der Waals surface area contributed by atoms with Crippen LogP contribution >= 0.6 is 11.6 Å². The average Bonchev–Trinajstić information content (AvgIpc) is 2.42. The fourth-order valence-electron chi connectivity index (χ4n) is 1.45. The highest BCUT2D eigenvalue weighted by Gasteiger charge is 2.09. The lowest BCUT2D eigenvalue weighted by atomic mass is 10.2. The first kappa shape index (κ1) is 16.2. The first-order chi connectivity index (χ1) is 9.54. The van der Waals surface area contributed by atoms with Crippen molar-refractivity contribution in [3.63, 3.8) is 0 Å². The number of carbonyl (C=O) groups is 2. The number of halogens is 1. The van der Waals surface area contributed by atoms with Crippen molar-refractivity contribution >= 4 is 35.3 Å². The number of rotatable bonds is 6. The van der Waals surface area contributed by atoms with E-state index in [0.29, 0.717) is 10.7 Å². The lowest BCUT2D eigenvalue weighted by Gasteiger charge is -2.09. The third-order valence-corrected chi connectivity index (χ3v) is 2.99. The van der Waals surface area contributed by atoms with Crippen molar-refractivity contribution in [1.29, 1.82) is 0 Å². The van der Waals surface area contributed by atoms with Crippen LogP contribution in [0.3, 0.4) is 0 Å². The molecule has 0 aliphatic heterocycles. The smallest absolute Gasteiger partial charge is 0.240 e. The first-order valence-electron chi connectivity index (χ1n) is 6.40. The molecule has 0 aliphatic carbocycles. The van der Waals surface area contributed by atoms with Gasteiger partial charge in [0.1, 0.15) is 0 Å². The zero-order valence-corrected chi connectivity index (χ0v) is 12.3. The number of nitrogens with one attached hydrogen (secondary N) is 2. The SMILES string of the molecule is CC/C=N/NC(=O)CCC(=O)Nc1cccc(Cl)c1C. The standard InChI is InChI=1S/C14H18ClN3O2/c1-3-9-16-18-14(20)8-7-13(19)17-12-6-4-5-11(15)10(12)2/h4-6,9H,3,7-8H2,1-2H3,(H,17,19)(H,18,20)/b16-9+. The fourth-order valence-corrected chi connectivity index (χ4v) is 1.62. The molecule has 2 amide bonds. The third-order valence-electron chi connectivity index (χ3n) is 2.58. The summed E-state index contributed by atoms with van der Waals surface area (Å²) in [6.45, 7) is 3.74. The van der Waals surface area contributed by atoms with Crippen molar-refractivity contribution < 1.29 is 9.59 Å². The van der Waals surface area contributed by atoms with Gasteiger partial charge in [0.25, 0.3) is 0 Å². The molecule has 1 aromatic rings. The van der Waals surface area contributed by atoms with Crippen LogP contribution in [0.5, 0.6) is 0 Å². The van der Waals surface area contributed by atoms with Gasteiger partial charge in [-0.1, -0.05) is 24.6 Å². The second kappa shape index (κ2) is 8.32. The summed E-state index contributed by atoms with van der Waals surface area (Å²) in [5.41, 5.74) is 3.82. The Morgan fingerprint density at radius 3 is 2.70 bits per heavy atom. The van der Waals surface area contributed by atoms with Crippen LogP contribution in [0.1, 0.15) is 31.7 Å². The molecule has 2 N–H and O–H groups in total. The van der Waals surface area contributed by atoms with E-state index in [0.717, 1.165) is 12.0 Å². The van der Waals surface area contributed by atoms with Gasteiger partial charge in [0, 0.05) is 29.8 Å². The zero-order valence-electron chi connectivity index (χ0n) is 11.6. The maximum atomic E-state index is 11.7. The summed E-state index contributed by atoms with van der Waals surface area (Å²) in [5.74, 6) is -0.516.